The number of hydrogen-bond acceptors (Lipinski definition) is 4. The van der Waals surface area contributed by atoms with Crippen LogP contribution in [0.4, 0.5) is 11.5 Å². The van der Waals surface area contributed by atoms with Crippen molar-refractivity contribution in [2.45, 2.75) is 39.5 Å². The lowest BCUT2D eigenvalue weighted by Gasteiger charge is -2.22. The summed E-state index contributed by atoms with van der Waals surface area (Å²) in [5.41, 5.74) is 3.60. The molecular weight excluding hydrogens is 374 g/mol. The van der Waals surface area contributed by atoms with Crippen LogP contribution in [0.5, 0.6) is 0 Å². The molecule has 0 bridgehead atoms. The van der Waals surface area contributed by atoms with Crippen LogP contribution in [-0.2, 0) is 4.74 Å². The lowest BCUT2D eigenvalue weighted by Crippen LogP contribution is -2.32. The van der Waals surface area contributed by atoms with Gasteiger partial charge in [-0.05, 0) is 60.9 Å². The van der Waals surface area contributed by atoms with E-state index in [1.165, 1.54) is 0 Å². The zero-order valence-corrected chi connectivity index (χ0v) is 17.5. The van der Waals surface area contributed by atoms with Gasteiger partial charge in [-0.15, -0.1) is 0 Å². The average Bonchev–Trinajstić information content (AvgIpc) is 2.69. The zero-order chi connectivity index (χ0) is 20.1. The highest BCUT2D eigenvalue weighted by atomic mass is 35.5. The average molecular weight is 402 g/mol. The predicted octanol–water partition coefficient (Wildman–Crippen LogP) is 5.07. The minimum absolute atomic E-state index is 0.0619. The fourth-order valence-electron chi connectivity index (χ4n) is 3.36. The van der Waals surface area contributed by atoms with Crippen molar-refractivity contribution in [1.29, 1.82) is 0 Å². The molecule has 150 valence electrons. The molecule has 0 radical (unpaired) electrons. The first kappa shape index (κ1) is 20.6. The summed E-state index contributed by atoms with van der Waals surface area (Å²) in [6, 6.07) is 7.66. The second-order valence-corrected chi connectivity index (χ2v) is 8.10. The van der Waals surface area contributed by atoms with Crippen LogP contribution in [-0.4, -0.2) is 30.6 Å². The normalized spacial score (nSPS) is 14.9. The summed E-state index contributed by atoms with van der Waals surface area (Å²) >= 11 is 6.11. The number of hydrogen-bond donors (Lipinski definition) is 2. The highest BCUT2D eigenvalue weighted by Gasteiger charge is 2.19. The topological polar surface area (TPSA) is 63.2 Å². The van der Waals surface area contributed by atoms with Gasteiger partial charge in [0.15, 0.2) is 0 Å². The summed E-state index contributed by atoms with van der Waals surface area (Å²) in [4.78, 5) is 17.2. The van der Waals surface area contributed by atoms with Crippen LogP contribution in [0.15, 0.2) is 30.5 Å². The lowest BCUT2D eigenvalue weighted by molar-refractivity contribution is 0.0642. The van der Waals surface area contributed by atoms with Gasteiger partial charge < -0.3 is 15.4 Å². The van der Waals surface area contributed by atoms with Crippen molar-refractivity contribution in [2.75, 3.05) is 25.1 Å². The number of carbonyl (C=O) groups excluding carboxylic acids is 1. The van der Waals surface area contributed by atoms with Crippen LogP contribution < -0.4 is 10.6 Å². The molecule has 0 spiro atoms. The molecule has 1 amide bonds. The number of anilines is 2. The zero-order valence-electron chi connectivity index (χ0n) is 16.7. The van der Waals surface area contributed by atoms with Crippen molar-refractivity contribution < 1.29 is 9.53 Å². The van der Waals surface area contributed by atoms with E-state index < -0.39 is 0 Å². The van der Waals surface area contributed by atoms with Crippen LogP contribution in [0.3, 0.4) is 0 Å². The molecule has 0 unspecified atom stereocenters. The number of carbonyl (C=O) groups is 1. The van der Waals surface area contributed by atoms with Crippen molar-refractivity contribution in [3.8, 4) is 0 Å². The molecule has 1 aromatic heterocycles. The minimum atomic E-state index is -0.0619. The fraction of sp³-hybridized carbons (Fsp3) is 0.455. The Balaban J connectivity index is 1.74. The summed E-state index contributed by atoms with van der Waals surface area (Å²) in [6.07, 6.45) is 3.66. The van der Waals surface area contributed by atoms with E-state index in [0.717, 1.165) is 42.9 Å². The van der Waals surface area contributed by atoms with Crippen molar-refractivity contribution >= 4 is 29.0 Å². The molecule has 0 saturated carbocycles. The monoisotopic (exact) mass is 401 g/mol. The molecule has 0 aliphatic carbocycles. The van der Waals surface area contributed by atoms with E-state index in [4.69, 9.17) is 16.3 Å². The SMILES string of the molecule is Cc1ccc(Cl)cc1Nc1cc(C(C)C)c(C(=O)NCC2CCOCC2)cn1. The summed E-state index contributed by atoms with van der Waals surface area (Å²) in [5.74, 6) is 1.33. The van der Waals surface area contributed by atoms with Gasteiger partial charge in [-0.3, -0.25) is 4.79 Å². The predicted molar refractivity (Wildman–Crippen MR) is 114 cm³/mol. The fourth-order valence-corrected chi connectivity index (χ4v) is 3.53. The molecule has 1 fully saturated rings. The molecule has 2 heterocycles. The number of nitrogens with one attached hydrogen (secondary N) is 2. The summed E-state index contributed by atoms with van der Waals surface area (Å²) in [5, 5.41) is 7.06. The summed E-state index contributed by atoms with van der Waals surface area (Å²) < 4.78 is 5.38. The van der Waals surface area contributed by atoms with Gasteiger partial charge in [0.1, 0.15) is 5.82 Å². The van der Waals surface area contributed by atoms with Crippen LogP contribution in [0, 0.1) is 12.8 Å². The molecule has 0 atom stereocenters. The first-order valence-electron chi connectivity index (χ1n) is 9.83. The van der Waals surface area contributed by atoms with E-state index in [1.54, 1.807) is 6.20 Å². The Labute approximate surface area is 171 Å². The van der Waals surface area contributed by atoms with E-state index in [2.05, 4.69) is 29.5 Å². The molecule has 3 rings (SSSR count). The van der Waals surface area contributed by atoms with Crippen molar-refractivity contribution in [3.63, 3.8) is 0 Å². The smallest absolute Gasteiger partial charge is 0.253 e. The second kappa shape index (κ2) is 9.39. The number of amides is 1. The molecule has 2 aromatic rings. The van der Waals surface area contributed by atoms with Crippen molar-refractivity contribution in [2.24, 2.45) is 5.92 Å². The number of aryl methyl sites for hydroxylation is 1. The van der Waals surface area contributed by atoms with E-state index >= 15 is 0 Å². The number of nitrogens with zero attached hydrogens (tertiary/aromatic N) is 1. The first-order valence-corrected chi connectivity index (χ1v) is 10.2. The Kier molecular flexibility index (Phi) is 6.92. The van der Waals surface area contributed by atoms with E-state index in [0.29, 0.717) is 28.9 Å². The van der Waals surface area contributed by atoms with Crippen LogP contribution in [0.25, 0.3) is 0 Å². The molecule has 5 nitrogen and oxygen atoms in total. The Bertz CT molecular complexity index is 833. The lowest BCUT2D eigenvalue weighted by atomic mass is 9.97. The third-order valence-corrected chi connectivity index (χ3v) is 5.39. The summed E-state index contributed by atoms with van der Waals surface area (Å²) in [7, 11) is 0. The van der Waals surface area contributed by atoms with Crippen molar-refractivity contribution in [1.82, 2.24) is 10.3 Å². The van der Waals surface area contributed by atoms with Crippen LogP contribution >= 0.6 is 11.6 Å². The second-order valence-electron chi connectivity index (χ2n) is 7.66. The van der Waals surface area contributed by atoms with Crippen LogP contribution in [0.1, 0.15) is 54.1 Å². The molecule has 1 aliphatic rings. The third kappa shape index (κ3) is 5.24. The highest BCUT2D eigenvalue weighted by molar-refractivity contribution is 6.30. The molecule has 28 heavy (non-hydrogen) atoms. The first-order chi connectivity index (χ1) is 13.4. The number of halogens is 1. The van der Waals surface area contributed by atoms with E-state index in [9.17, 15) is 4.79 Å². The Morgan fingerprint density at radius 1 is 1.29 bits per heavy atom. The van der Waals surface area contributed by atoms with Gasteiger partial charge in [-0.1, -0.05) is 31.5 Å². The molecule has 6 heteroatoms. The maximum Gasteiger partial charge on any atom is 0.253 e. The number of rotatable bonds is 6. The van der Waals surface area contributed by atoms with Gasteiger partial charge in [0.05, 0.1) is 5.56 Å². The Morgan fingerprint density at radius 3 is 2.75 bits per heavy atom. The van der Waals surface area contributed by atoms with Gasteiger partial charge in [0.2, 0.25) is 0 Å². The largest absolute Gasteiger partial charge is 0.381 e. The maximum atomic E-state index is 12.8. The summed E-state index contributed by atoms with van der Waals surface area (Å²) in [6.45, 7) is 8.42. The molecule has 2 N–H and O–H groups in total. The van der Waals surface area contributed by atoms with Gasteiger partial charge in [-0.2, -0.15) is 0 Å². The number of benzene rings is 1. The molecular formula is C22H28ClN3O2. The van der Waals surface area contributed by atoms with Gasteiger partial charge in [-0.25, -0.2) is 4.98 Å². The standard InChI is InChI=1S/C22H28ClN3O2/c1-14(2)18-11-21(26-20-10-17(23)5-4-15(20)3)24-13-19(18)22(27)25-12-16-6-8-28-9-7-16/h4-5,10-11,13-14,16H,6-9,12H2,1-3H3,(H,24,26)(H,25,27). The maximum absolute atomic E-state index is 12.8. The Hall–Kier alpha value is -2.11. The van der Waals surface area contributed by atoms with Gasteiger partial charge in [0.25, 0.3) is 5.91 Å². The van der Waals surface area contributed by atoms with Crippen LogP contribution in [0.2, 0.25) is 5.02 Å². The van der Waals surface area contributed by atoms with Gasteiger partial charge >= 0.3 is 0 Å². The quantitative estimate of drug-likeness (QED) is 0.709. The van der Waals surface area contributed by atoms with Gasteiger partial charge in [0, 0.05) is 36.7 Å². The number of pyridine rings is 1. The van der Waals surface area contributed by atoms with E-state index in [-0.39, 0.29) is 11.8 Å². The molecule has 1 saturated heterocycles. The van der Waals surface area contributed by atoms with E-state index in [1.807, 2.05) is 31.2 Å². The number of ether oxygens (including phenoxy) is 1. The third-order valence-electron chi connectivity index (χ3n) is 5.16. The molecule has 1 aliphatic heterocycles. The Morgan fingerprint density at radius 2 is 2.04 bits per heavy atom. The highest BCUT2D eigenvalue weighted by Crippen LogP contribution is 2.27. The minimum Gasteiger partial charge on any atom is -0.381 e. The molecule has 1 aromatic carbocycles. The van der Waals surface area contributed by atoms with Crippen molar-refractivity contribution in [3.05, 3.63) is 52.2 Å². The number of aromatic nitrogens is 1.